The van der Waals surface area contributed by atoms with Crippen molar-refractivity contribution in [1.82, 2.24) is 5.32 Å². The van der Waals surface area contributed by atoms with Crippen LogP contribution in [0.2, 0.25) is 0 Å². The van der Waals surface area contributed by atoms with Crippen LogP contribution in [0.25, 0.3) is 0 Å². The van der Waals surface area contributed by atoms with Crippen molar-refractivity contribution in [2.45, 2.75) is 51.1 Å². The Hall–Kier alpha value is -1.19. The van der Waals surface area contributed by atoms with Crippen molar-refractivity contribution >= 4 is 11.3 Å². The van der Waals surface area contributed by atoms with Crippen molar-refractivity contribution in [3.05, 3.63) is 57.5 Å². The van der Waals surface area contributed by atoms with E-state index in [-0.39, 0.29) is 5.82 Å². The molecule has 1 aromatic carbocycles. The predicted molar refractivity (Wildman–Crippen MR) is 87.5 cm³/mol. The lowest BCUT2D eigenvalue weighted by molar-refractivity contribution is 0.269. The number of aryl methyl sites for hydroxylation is 1. The largest absolute Gasteiger partial charge is 0.311 e. The summed E-state index contributed by atoms with van der Waals surface area (Å²) < 4.78 is 13.2. The van der Waals surface area contributed by atoms with Gasteiger partial charge in [-0.2, -0.15) is 0 Å². The van der Waals surface area contributed by atoms with Crippen LogP contribution in [0.1, 0.15) is 41.0 Å². The quantitative estimate of drug-likeness (QED) is 0.847. The van der Waals surface area contributed by atoms with Gasteiger partial charge in [-0.05, 0) is 68.9 Å². The van der Waals surface area contributed by atoms with Crippen LogP contribution >= 0.6 is 11.3 Å². The van der Waals surface area contributed by atoms with Crippen LogP contribution in [0.4, 0.5) is 4.39 Å². The molecule has 1 fully saturated rings. The summed E-state index contributed by atoms with van der Waals surface area (Å²) in [4.78, 5) is 2.83. The molecule has 0 spiro atoms. The highest BCUT2D eigenvalue weighted by Gasteiger charge is 2.31. The first-order valence-corrected chi connectivity index (χ1v) is 8.48. The molecule has 112 valence electrons. The normalized spacial score (nSPS) is 22.8. The van der Waals surface area contributed by atoms with Gasteiger partial charge in [0.1, 0.15) is 5.82 Å². The Balaban J connectivity index is 1.46. The first-order valence-electron chi connectivity index (χ1n) is 7.67. The molecule has 1 aliphatic carbocycles. The van der Waals surface area contributed by atoms with E-state index in [1.165, 1.54) is 15.8 Å². The SMILES string of the molecule is Cc1ccc(CC(C)NC2CC(c3cccc(F)c3)C2)s1. The van der Waals surface area contributed by atoms with E-state index in [1.807, 2.05) is 23.5 Å². The summed E-state index contributed by atoms with van der Waals surface area (Å²) in [7, 11) is 0. The van der Waals surface area contributed by atoms with Crippen molar-refractivity contribution in [3.8, 4) is 0 Å². The first-order chi connectivity index (χ1) is 10.1. The Labute approximate surface area is 130 Å². The van der Waals surface area contributed by atoms with Crippen molar-refractivity contribution in [1.29, 1.82) is 0 Å². The first kappa shape index (κ1) is 14.7. The average Bonchev–Trinajstić information content (AvgIpc) is 2.78. The molecular formula is C18H22FNS. The number of hydrogen-bond donors (Lipinski definition) is 1. The van der Waals surface area contributed by atoms with Gasteiger partial charge in [-0.1, -0.05) is 12.1 Å². The third kappa shape index (κ3) is 3.72. The Bertz CT molecular complexity index is 601. The Morgan fingerprint density at radius 1 is 1.29 bits per heavy atom. The Kier molecular flexibility index (Phi) is 4.41. The molecule has 0 bridgehead atoms. The molecule has 21 heavy (non-hydrogen) atoms. The van der Waals surface area contributed by atoms with Gasteiger partial charge in [-0.25, -0.2) is 4.39 Å². The van der Waals surface area contributed by atoms with Gasteiger partial charge in [0, 0.05) is 21.8 Å². The fourth-order valence-corrected chi connectivity index (χ4v) is 4.16. The van der Waals surface area contributed by atoms with Gasteiger partial charge in [-0.15, -0.1) is 11.3 Å². The number of nitrogens with one attached hydrogen (secondary N) is 1. The molecule has 1 unspecified atom stereocenters. The van der Waals surface area contributed by atoms with Crippen LogP contribution in [-0.4, -0.2) is 12.1 Å². The zero-order valence-electron chi connectivity index (χ0n) is 12.6. The summed E-state index contributed by atoms with van der Waals surface area (Å²) in [6.45, 7) is 4.41. The van der Waals surface area contributed by atoms with Crippen molar-refractivity contribution < 1.29 is 4.39 Å². The molecule has 3 heteroatoms. The van der Waals surface area contributed by atoms with Crippen molar-refractivity contribution in [2.75, 3.05) is 0 Å². The van der Waals surface area contributed by atoms with E-state index in [1.54, 1.807) is 6.07 Å². The van der Waals surface area contributed by atoms with E-state index in [9.17, 15) is 4.39 Å². The lowest BCUT2D eigenvalue weighted by Gasteiger charge is -2.38. The van der Waals surface area contributed by atoms with E-state index < -0.39 is 0 Å². The molecule has 1 N–H and O–H groups in total. The smallest absolute Gasteiger partial charge is 0.123 e. The molecule has 3 rings (SSSR count). The van der Waals surface area contributed by atoms with Crippen LogP contribution in [0.15, 0.2) is 36.4 Å². The van der Waals surface area contributed by atoms with E-state index in [0.29, 0.717) is 18.0 Å². The second-order valence-electron chi connectivity index (χ2n) is 6.20. The highest BCUT2D eigenvalue weighted by atomic mass is 32.1. The number of hydrogen-bond acceptors (Lipinski definition) is 2. The highest BCUT2D eigenvalue weighted by molar-refractivity contribution is 7.11. The zero-order chi connectivity index (χ0) is 14.8. The second-order valence-corrected chi connectivity index (χ2v) is 7.58. The number of benzene rings is 1. The fraction of sp³-hybridized carbons (Fsp3) is 0.444. The molecule has 0 saturated heterocycles. The molecule has 1 aliphatic rings. The van der Waals surface area contributed by atoms with E-state index in [4.69, 9.17) is 0 Å². The summed E-state index contributed by atoms with van der Waals surface area (Å²) in [5, 5.41) is 3.70. The van der Waals surface area contributed by atoms with Crippen LogP contribution in [0.3, 0.4) is 0 Å². The monoisotopic (exact) mass is 303 g/mol. The Morgan fingerprint density at radius 2 is 2.10 bits per heavy atom. The minimum absolute atomic E-state index is 0.120. The highest BCUT2D eigenvalue weighted by Crippen LogP contribution is 2.37. The molecule has 1 saturated carbocycles. The number of halogens is 1. The second kappa shape index (κ2) is 6.29. The zero-order valence-corrected chi connectivity index (χ0v) is 13.4. The van der Waals surface area contributed by atoms with Gasteiger partial charge in [0.25, 0.3) is 0 Å². The predicted octanol–water partition coefficient (Wildman–Crippen LogP) is 4.66. The standard InChI is InChI=1S/C18H22FNS/c1-12(8-18-7-6-13(2)21-18)20-17-10-15(11-17)14-4-3-5-16(19)9-14/h3-7,9,12,15,17,20H,8,10-11H2,1-2H3. The van der Waals surface area contributed by atoms with Crippen LogP contribution in [-0.2, 0) is 6.42 Å². The van der Waals surface area contributed by atoms with Gasteiger partial charge in [0.05, 0.1) is 0 Å². The molecular weight excluding hydrogens is 281 g/mol. The third-order valence-electron chi connectivity index (χ3n) is 4.28. The van der Waals surface area contributed by atoms with E-state index in [2.05, 4.69) is 31.3 Å². The topological polar surface area (TPSA) is 12.0 Å². The molecule has 1 atom stereocenters. The van der Waals surface area contributed by atoms with Crippen molar-refractivity contribution in [2.24, 2.45) is 0 Å². The van der Waals surface area contributed by atoms with Gasteiger partial charge in [0.2, 0.25) is 0 Å². The van der Waals surface area contributed by atoms with Crippen LogP contribution in [0.5, 0.6) is 0 Å². The summed E-state index contributed by atoms with van der Waals surface area (Å²) in [5.41, 5.74) is 1.15. The van der Waals surface area contributed by atoms with Crippen LogP contribution in [0, 0.1) is 12.7 Å². The maximum atomic E-state index is 13.2. The van der Waals surface area contributed by atoms with Gasteiger partial charge < -0.3 is 5.32 Å². The summed E-state index contributed by atoms with van der Waals surface area (Å²) in [5.74, 6) is 0.403. The molecule has 1 nitrogen and oxygen atoms in total. The minimum atomic E-state index is -0.120. The van der Waals surface area contributed by atoms with E-state index in [0.717, 1.165) is 24.8 Å². The van der Waals surface area contributed by atoms with Gasteiger partial charge in [-0.3, -0.25) is 0 Å². The molecule has 1 heterocycles. The van der Waals surface area contributed by atoms with Gasteiger partial charge in [0.15, 0.2) is 0 Å². The Morgan fingerprint density at radius 3 is 2.76 bits per heavy atom. The van der Waals surface area contributed by atoms with E-state index >= 15 is 0 Å². The summed E-state index contributed by atoms with van der Waals surface area (Å²) >= 11 is 1.89. The lowest BCUT2D eigenvalue weighted by atomic mass is 9.75. The fourth-order valence-electron chi connectivity index (χ4n) is 3.14. The summed E-state index contributed by atoms with van der Waals surface area (Å²) in [6.07, 6.45) is 3.34. The molecule has 0 amide bonds. The average molecular weight is 303 g/mol. The number of rotatable bonds is 5. The number of thiophene rings is 1. The lowest BCUT2D eigenvalue weighted by Crippen LogP contribution is -2.45. The van der Waals surface area contributed by atoms with Gasteiger partial charge >= 0.3 is 0 Å². The minimum Gasteiger partial charge on any atom is -0.311 e. The van der Waals surface area contributed by atoms with Crippen LogP contribution < -0.4 is 5.32 Å². The maximum absolute atomic E-state index is 13.2. The maximum Gasteiger partial charge on any atom is 0.123 e. The molecule has 2 aromatic rings. The third-order valence-corrected chi connectivity index (χ3v) is 5.30. The summed E-state index contributed by atoms with van der Waals surface area (Å²) in [6, 6.07) is 12.6. The molecule has 0 radical (unpaired) electrons. The van der Waals surface area contributed by atoms with Crippen molar-refractivity contribution in [3.63, 3.8) is 0 Å². The molecule has 1 aromatic heterocycles. The molecule has 0 aliphatic heterocycles.